The maximum absolute atomic E-state index is 10.3. The monoisotopic (exact) mass is 175 g/mol. The Kier molecular flexibility index (Phi) is 5.42. The van der Waals surface area contributed by atoms with Crippen molar-refractivity contribution in [3.05, 3.63) is 10.4 Å². The molecule has 0 aliphatic rings. The van der Waals surface area contributed by atoms with E-state index in [1.54, 1.807) is 0 Å². The van der Waals surface area contributed by atoms with Gasteiger partial charge < -0.3 is 5.11 Å². The quantitative estimate of drug-likeness (QED) is 0.390. The molecule has 1 N–H and O–H groups in total. The lowest BCUT2D eigenvalue weighted by atomic mass is 10.4. The van der Waals surface area contributed by atoms with Gasteiger partial charge in [0.05, 0.1) is 0 Å². The number of carbonyl (C=O) groups is 1. The van der Waals surface area contributed by atoms with E-state index in [9.17, 15) is 4.79 Å². The molecule has 0 saturated heterocycles. The number of thioether (sulfide) groups is 1. The molecule has 0 fully saturated rings. The van der Waals surface area contributed by atoms with E-state index < -0.39 is 12.0 Å². The van der Waals surface area contributed by atoms with Crippen LogP contribution >= 0.6 is 11.8 Å². The fourth-order valence-electron chi connectivity index (χ4n) is 0.446. The first-order valence-corrected chi connectivity index (χ1v) is 4.22. The van der Waals surface area contributed by atoms with Crippen LogP contribution < -0.4 is 0 Å². The Labute approximate surface area is 68.4 Å². The predicted molar refractivity (Wildman–Crippen MR) is 43.6 cm³/mol. The summed E-state index contributed by atoms with van der Waals surface area (Å²) in [6.07, 6.45) is 0. The van der Waals surface area contributed by atoms with Crippen molar-refractivity contribution in [2.45, 2.75) is 13.0 Å². The Morgan fingerprint density at radius 1 is 1.91 bits per heavy atom. The first-order valence-electron chi connectivity index (χ1n) is 3.07. The summed E-state index contributed by atoms with van der Waals surface area (Å²) >= 11 is 1.44. The highest BCUT2D eigenvalue weighted by molar-refractivity contribution is 7.99. The molecule has 1 atom stereocenters. The Hall–Kier alpha value is -0.870. The van der Waals surface area contributed by atoms with Crippen LogP contribution in [-0.2, 0) is 4.79 Å². The van der Waals surface area contributed by atoms with Crippen LogP contribution in [0.25, 0.3) is 10.4 Å². The van der Waals surface area contributed by atoms with Crippen LogP contribution in [0.15, 0.2) is 5.11 Å². The van der Waals surface area contributed by atoms with Crippen LogP contribution in [0.3, 0.4) is 0 Å². The number of carboxylic acid groups (broad SMARTS) is 1. The molecule has 0 heterocycles. The standard InChI is InChI=1S/C5H9N3O2S/c1-2-11-3-4(5(9)10)7-8-6/h4H,2-3H2,1H3,(H,9,10). The summed E-state index contributed by atoms with van der Waals surface area (Å²) in [5.41, 5.74) is 7.97. The lowest BCUT2D eigenvalue weighted by Gasteiger charge is -2.02. The topological polar surface area (TPSA) is 86.1 Å². The largest absolute Gasteiger partial charge is 0.481 e. The number of hydrogen-bond donors (Lipinski definition) is 1. The molecule has 6 heteroatoms. The van der Waals surface area contributed by atoms with Gasteiger partial charge in [0.15, 0.2) is 0 Å². The first-order chi connectivity index (χ1) is 5.22. The Balaban J connectivity index is 3.89. The first kappa shape index (κ1) is 10.1. The normalized spacial score (nSPS) is 11.7. The highest BCUT2D eigenvalue weighted by Crippen LogP contribution is 2.05. The molecular weight excluding hydrogens is 166 g/mol. The lowest BCUT2D eigenvalue weighted by Crippen LogP contribution is -2.19. The van der Waals surface area contributed by atoms with Crippen molar-refractivity contribution in [2.24, 2.45) is 5.11 Å². The second-order valence-electron chi connectivity index (χ2n) is 1.72. The van der Waals surface area contributed by atoms with Gasteiger partial charge in [-0.3, -0.25) is 4.79 Å². The number of rotatable bonds is 5. The van der Waals surface area contributed by atoms with Gasteiger partial charge in [0, 0.05) is 10.7 Å². The van der Waals surface area contributed by atoms with Crippen molar-refractivity contribution in [3.63, 3.8) is 0 Å². The Bertz CT molecular complexity index is 177. The minimum Gasteiger partial charge on any atom is -0.481 e. The maximum Gasteiger partial charge on any atom is 0.313 e. The van der Waals surface area contributed by atoms with E-state index in [-0.39, 0.29) is 0 Å². The van der Waals surface area contributed by atoms with Crippen molar-refractivity contribution in [1.82, 2.24) is 0 Å². The summed E-state index contributed by atoms with van der Waals surface area (Å²) in [5.74, 6) is 0.101. The van der Waals surface area contributed by atoms with Crippen molar-refractivity contribution >= 4 is 17.7 Å². The third kappa shape index (κ3) is 4.52. The molecule has 1 unspecified atom stereocenters. The molecule has 0 aliphatic carbocycles. The van der Waals surface area contributed by atoms with Crippen LogP contribution in [0.1, 0.15) is 6.92 Å². The molecule has 0 aromatic heterocycles. The third-order valence-corrected chi connectivity index (χ3v) is 1.92. The zero-order chi connectivity index (χ0) is 8.69. The highest BCUT2D eigenvalue weighted by atomic mass is 32.2. The molecule has 62 valence electrons. The summed E-state index contributed by atoms with van der Waals surface area (Å²) in [6.45, 7) is 1.92. The van der Waals surface area contributed by atoms with Gasteiger partial charge in [0.1, 0.15) is 6.04 Å². The van der Waals surface area contributed by atoms with Gasteiger partial charge in [-0.05, 0) is 11.3 Å². The van der Waals surface area contributed by atoms with E-state index in [1.807, 2.05) is 6.92 Å². The molecule has 0 aromatic carbocycles. The Morgan fingerprint density at radius 2 is 2.55 bits per heavy atom. The van der Waals surface area contributed by atoms with Crippen LogP contribution in [0.2, 0.25) is 0 Å². The number of azide groups is 1. The zero-order valence-electron chi connectivity index (χ0n) is 6.10. The van der Waals surface area contributed by atoms with Gasteiger partial charge in [0.25, 0.3) is 0 Å². The molecule has 0 aliphatic heterocycles. The van der Waals surface area contributed by atoms with Crippen molar-refractivity contribution in [3.8, 4) is 0 Å². The van der Waals surface area contributed by atoms with E-state index in [4.69, 9.17) is 10.6 Å². The van der Waals surface area contributed by atoms with E-state index in [2.05, 4.69) is 10.0 Å². The highest BCUT2D eigenvalue weighted by Gasteiger charge is 2.13. The molecule has 0 bridgehead atoms. The second kappa shape index (κ2) is 5.88. The summed E-state index contributed by atoms with van der Waals surface area (Å²) in [4.78, 5) is 12.8. The van der Waals surface area contributed by atoms with E-state index in [0.717, 1.165) is 5.75 Å². The number of aliphatic carboxylic acids is 1. The zero-order valence-corrected chi connectivity index (χ0v) is 6.91. The number of carboxylic acids is 1. The average molecular weight is 175 g/mol. The Morgan fingerprint density at radius 3 is 2.91 bits per heavy atom. The number of nitrogens with zero attached hydrogens (tertiary/aromatic N) is 3. The van der Waals surface area contributed by atoms with E-state index >= 15 is 0 Å². The van der Waals surface area contributed by atoms with Gasteiger partial charge in [-0.2, -0.15) is 11.8 Å². The predicted octanol–water partition coefficient (Wildman–Crippen LogP) is 1.50. The van der Waals surface area contributed by atoms with Crippen LogP contribution in [0, 0.1) is 0 Å². The molecule has 0 rings (SSSR count). The van der Waals surface area contributed by atoms with Gasteiger partial charge in [-0.15, -0.1) is 0 Å². The van der Waals surface area contributed by atoms with Crippen LogP contribution in [0.5, 0.6) is 0 Å². The molecule has 0 amide bonds. The molecule has 5 nitrogen and oxygen atoms in total. The second-order valence-corrected chi connectivity index (χ2v) is 3.04. The van der Waals surface area contributed by atoms with E-state index in [0.29, 0.717) is 5.75 Å². The van der Waals surface area contributed by atoms with Gasteiger partial charge in [-0.1, -0.05) is 12.0 Å². The van der Waals surface area contributed by atoms with Gasteiger partial charge >= 0.3 is 5.97 Å². The molecule has 0 saturated carbocycles. The summed E-state index contributed by atoms with van der Waals surface area (Å²) in [6, 6.07) is -0.926. The van der Waals surface area contributed by atoms with Gasteiger partial charge in [-0.25, -0.2) is 0 Å². The molecule has 11 heavy (non-hydrogen) atoms. The van der Waals surface area contributed by atoms with Crippen LogP contribution in [-0.4, -0.2) is 28.6 Å². The van der Waals surface area contributed by atoms with Crippen molar-refractivity contribution < 1.29 is 9.90 Å². The smallest absolute Gasteiger partial charge is 0.313 e. The van der Waals surface area contributed by atoms with Crippen LogP contribution in [0.4, 0.5) is 0 Å². The minimum atomic E-state index is -1.07. The minimum absolute atomic E-state index is 0.343. The van der Waals surface area contributed by atoms with Gasteiger partial charge in [0.2, 0.25) is 0 Å². The molecular formula is C5H9N3O2S. The fourth-order valence-corrected chi connectivity index (χ4v) is 1.11. The summed E-state index contributed by atoms with van der Waals surface area (Å²) in [5, 5.41) is 11.6. The SMILES string of the molecule is CCSCC(N=[N+]=[N-])C(=O)O. The summed E-state index contributed by atoms with van der Waals surface area (Å²) in [7, 11) is 0. The molecule has 0 aromatic rings. The van der Waals surface area contributed by atoms with Crippen molar-refractivity contribution in [2.75, 3.05) is 11.5 Å². The number of hydrogen-bond acceptors (Lipinski definition) is 3. The summed E-state index contributed by atoms with van der Waals surface area (Å²) < 4.78 is 0. The third-order valence-electron chi connectivity index (χ3n) is 0.956. The maximum atomic E-state index is 10.3. The fraction of sp³-hybridized carbons (Fsp3) is 0.800. The lowest BCUT2D eigenvalue weighted by molar-refractivity contribution is -0.137. The van der Waals surface area contributed by atoms with E-state index in [1.165, 1.54) is 11.8 Å². The average Bonchev–Trinajstić information content (AvgIpc) is 1.97. The molecule has 0 spiro atoms. The molecule has 0 radical (unpaired) electrons. The van der Waals surface area contributed by atoms with Crippen molar-refractivity contribution in [1.29, 1.82) is 0 Å².